The van der Waals surface area contributed by atoms with E-state index in [9.17, 15) is 0 Å². The normalized spacial score (nSPS) is 17.7. The molecule has 1 N–H and O–H groups in total. The molecular formula is C16H17NS. The third-order valence-electron chi connectivity index (χ3n) is 3.35. The first-order valence-corrected chi connectivity index (χ1v) is 7.41. The molecular weight excluding hydrogens is 238 g/mol. The van der Waals surface area contributed by atoms with Crippen molar-refractivity contribution < 1.29 is 0 Å². The van der Waals surface area contributed by atoms with Gasteiger partial charge in [-0.25, -0.2) is 0 Å². The number of hydrogen-bond acceptors (Lipinski definition) is 2. The van der Waals surface area contributed by atoms with Crippen LogP contribution in [0.25, 0.3) is 0 Å². The van der Waals surface area contributed by atoms with Crippen molar-refractivity contribution in [3.05, 3.63) is 65.7 Å². The molecule has 1 aliphatic rings. The molecule has 0 saturated carbocycles. The van der Waals surface area contributed by atoms with Crippen molar-refractivity contribution >= 4 is 11.8 Å². The van der Waals surface area contributed by atoms with Crippen LogP contribution in [-0.2, 0) is 6.42 Å². The first-order valence-electron chi connectivity index (χ1n) is 6.42. The summed E-state index contributed by atoms with van der Waals surface area (Å²) in [4.78, 5) is 1.44. The molecule has 1 aliphatic heterocycles. The lowest BCUT2D eigenvalue weighted by molar-refractivity contribution is 0.585. The fourth-order valence-electron chi connectivity index (χ4n) is 2.37. The van der Waals surface area contributed by atoms with E-state index >= 15 is 0 Å². The Morgan fingerprint density at radius 3 is 2.67 bits per heavy atom. The van der Waals surface area contributed by atoms with Crippen molar-refractivity contribution in [2.45, 2.75) is 17.4 Å². The summed E-state index contributed by atoms with van der Waals surface area (Å²) in [6.45, 7) is 1.05. The highest BCUT2D eigenvalue weighted by atomic mass is 32.2. The monoisotopic (exact) mass is 255 g/mol. The lowest BCUT2D eigenvalue weighted by atomic mass is 10.1. The van der Waals surface area contributed by atoms with Crippen molar-refractivity contribution in [3.8, 4) is 0 Å². The minimum Gasteiger partial charge on any atom is -0.309 e. The molecule has 1 nitrogen and oxygen atoms in total. The molecule has 0 bridgehead atoms. The Balaban J connectivity index is 1.56. The highest BCUT2D eigenvalue weighted by Crippen LogP contribution is 2.37. The molecule has 0 saturated heterocycles. The van der Waals surface area contributed by atoms with Gasteiger partial charge in [0.15, 0.2) is 0 Å². The van der Waals surface area contributed by atoms with E-state index in [1.807, 2.05) is 11.8 Å². The topological polar surface area (TPSA) is 12.0 Å². The van der Waals surface area contributed by atoms with Gasteiger partial charge >= 0.3 is 0 Å². The van der Waals surface area contributed by atoms with Crippen molar-refractivity contribution in [2.75, 3.05) is 12.3 Å². The molecule has 0 spiro atoms. The number of thioether (sulfide) groups is 1. The highest BCUT2D eigenvalue weighted by Gasteiger charge is 2.21. The highest BCUT2D eigenvalue weighted by molar-refractivity contribution is 7.99. The summed E-state index contributed by atoms with van der Waals surface area (Å²) in [5, 5.41) is 3.67. The Hall–Kier alpha value is -1.25. The Morgan fingerprint density at radius 1 is 1.00 bits per heavy atom. The van der Waals surface area contributed by atoms with Crippen LogP contribution in [0, 0.1) is 0 Å². The van der Waals surface area contributed by atoms with Crippen molar-refractivity contribution in [3.63, 3.8) is 0 Å². The molecule has 18 heavy (non-hydrogen) atoms. The lowest BCUT2D eigenvalue weighted by Crippen LogP contribution is -2.23. The van der Waals surface area contributed by atoms with Crippen molar-refractivity contribution in [1.82, 2.24) is 5.32 Å². The van der Waals surface area contributed by atoms with Gasteiger partial charge in [-0.05, 0) is 30.2 Å². The summed E-state index contributed by atoms with van der Waals surface area (Å²) < 4.78 is 0. The quantitative estimate of drug-likeness (QED) is 0.894. The maximum absolute atomic E-state index is 3.67. The number of hydrogen-bond donors (Lipinski definition) is 1. The second-order valence-electron chi connectivity index (χ2n) is 4.59. The van der Waals surface area contributed by atoms with Gasteiger partial charge in [0, 0.05) is 16.7 Å². The smallest absolute Gasteiger partial charge is 0.0426 e. The molecule has 1 atom stereocenters. The van der Waals surface area contributed by atoms with Crippen LogP contribution in [0.4, 0.5) is 0 Å². The lowest BCUT2D eigenvalue weighted by Gasteiger charge is -2.13. The van der Waals surface area contributed by atoms with Gasteiger partial charge in [-0.15, -0.1) is 11.8 Å². The van der Waals surface area contributed by atoms with Gasteiger partial charge in [-0.3, -0.25) is 0 Å². The third kappa shape index (κ3) is 2.60. The van der Waals surface area contributed by atoms with Crippen LogP contribution >= 0.6 is 11.8 Å². The molecule has 2 aromatic carbocycles. The Morgan fingerprint density at radius 2 is 1.78 bits per heavy atom. The molecule has 0 radical (unpaired) electrons. The maximum atomic E-state index is 3.67. The second-order valence-corrected chi connectivity index (χ2v) is 5.65. The Bertz CT molecular complexity index is 510. The Labute approximate surface area is 113 Å². The third-order valence-corrected chi connectivity index (χ3v) is 4.53. The summed E-state index contributed by atoms with van der Waals surface area (Å²) in [6, 6.07) is 19.9. The van der Waals surface area contributed by atoms with Crippen LogP contribution in [0.1, 0.15) is 17.2 Å². The van der Waals surface area contributed by atoms with Gasteiger partial charge in [0.2, 0.25) is 0 Å². The minimum atomic E-state index is 0.523. The fraction of sp³-hybridized carbons (Fsp3) is 0.250. The molecule has 3 rings (SSSR count). The van der Waals surface area contributed by atoms with Crippen LogP contribution < -0.4 is 5.32 Å². The number of nitrogens with one attached hydrogen (secondary N) is 1. The predicted molar refractivity (Wildman–Crippen MR) is 78.1 cm³/mol. The van der Waals surface area contributed by atoms with E-state index in [0.29, 0.717) is 6.04 Å². The van der Waals surface area contributed by atoms with E-state index in [1.54, 1.807) is 0 Å². The molecule has 0 aromatic heterocycles. The number of fused-ring (bicyclic) bond motifs is 1. The summed E-state index contributed by atoms with van der Waals surface area (Å²) in [5.74, 6) is 1.16. The number of benzene rings is 2. The molecule has 0 aliphatic carbocycles. The van der Waals surface area contributed by atoms with E-state index in [2.05, 4.69) is 59.9 Å². The van der Waals surface area contributed by atoms with Gasteiger partial charge in [-0.2, -0.15) is 0 Å². The molecule has 1 heterocycles. The van der Waals surface area contributed by atoms with Gasteiger partial charge in [-0.1, -0.05) is 48.5 Å². The van der Waals surface area contributed by atoms with Crippen LogP contribution in [0.15, 0.2) is 59.5 Å². The molecule has 2 aromatic rings. The number of rotatable bonds is 4. The van der Waals surface area contributed by atoms with E-state index in [1.165, 1.54) is 16.0 Å². The molecule has 2 heteroatoms. The zero-order valence-corrected chi connectivity index (χ0v) is 11.1. The summed E-state index contributed by atoms with van der Waals surface area (Å²) >= 11 is 1.96. The van der Waals surface area contributed by atoms with Crippen molar-refractivity contribution in [1.29, 1.82) is 0 Å². The minimum absolute atomic E-state index is 0.523. The summed E-state index contributed by atoms with van der Waals surface area (Å²) in [6.07, 6.45) is 1.10. The van der Waals surface area contributed by atoms with Gasteiger partial charge < -0.3 is 5.32 Å². The van der Waals surface area contributed by atoms with Crippen molar-refractivity contribution in [2.24, 2.45) is 0 Å². The molecule has 0 fully saturated rings. The van der Waals surface area contributed by atoms with Crippen LogP contribution in [0.2, 0.25) is 0 Å². The zero-order valence-electron chi connectivity index (χ0n) is 10.3. The fourth-order valence-corrected chi connectivity index (χ4v) is 3.56. The van der Waals surface area contributed by atoms with Gasteiger partial charge in [0.1, 0.15) is 0 Å². The Kier molecular flexibility index (Phi) is 3.67. The summed E-state index contributed by atoms with van der Waals surface area (Å²) in [5.41, 5.74) is 2.87. The van der Waals surface area contributed by atoms with Gasteiger partial charge in [0.05, 0.1) is 0 Å². The van der Waals surface area contributed by atoms with E-state index in [-0.39, 0.29) is 0 Å². The van der Waals surface area contributed by atoms with Crippen LogP contribution in [0.5, 0.6) is 0 Å². The first-order chi connectivity index (χ1) is 8.93. The van der Waals surface area contributed by atoms with E-state index in [0.717, 1.165) is 18.7 Å². The first kappa shape index (κ1) is 11.8. The average Bonchev–Trinajstić information content (AvgIpc) is 2.84. The second kappa shape index (κ2) is 5.59. The van der Waals surface area contributed by atoms with Crippen LogP contribution in [-0.4, -0.2) is 12.3 Å². The molecule has 0 amide bonds. The predicted octanol–water partition coefficient (Wildman–Crippen LogP) is 3.67. The zero-order chi connectivity index (χ0) is 12.2. The summed E-state index contributed by atoms with van der Waals surface area (Å²) in [7, 11) is 0. The SMILES string of the molecule is c1ccc(CCNC2CSc3ccccc32)cc1. The standard InChI is InChI=1S/C16H17NS/c1-2-6-13(7-3-1)10-11-17-15-12-18-16-9-5-4-8-14(15)16/h1-9,15,17H,10-12H2. The molecule has 92 valence electrons. The van der Waals surface area contributed by atoms with Crippen LogP contribution in [0.3, 0.4) is 0 Å². The maximum Gasteiger partial charge on any atom is 0.0426 e. The largest absolute Gasteiger partial charge is 0.309 e. The van der Waals surface area contributed by atoms with Gasteiger partial charge in [0.25, 0.3) is 0 Å². The average molecular weight is 255 g/mol. The van der Waals surface area contributed by atoms with E-state index in [4.69, 9.17) is 0 Å². The van der Waals surface area contributed by atoms with E-state index < -0.39 is 0 Å². The molecule has 1 unspecified atom stereocenters.